The number of nitrogens with two attached hydrogens (primary N) is 1. The molecule has 7 heteroatoms. The Morgan fingerprint density at radius 1 is 1.30 bits per heavy atom. The van der Waals surface area contributed by atoms with E-state index >= 15 is 0 Å². The highest BCUT2D eigenvalue weighted by Crippen LogP contribution is 2.35. The number of benzene rings is 2. The highest BCUT2D eigenvalue weighted by atomic mass is 16.5. The molecule has 2 aromatic rings. The largest absolute Gasteiger partial charge is 0.375 e. The maximum absolute atomic E-state index is 12.2. The van der Waals surface area contributed by atoms with Crippen LogP contribution in [0.3, 0.4) is 0 Å². The van der Waals surface area contributed by atoms with E-state index in [4.69, 9.17) is 15.7 Å². The number of nitrogens with zero attached hydrogens (tertiary/aromatic N) is 2. The van der Waals surface area contributed by atoms with Crippen LogP contribution >= 0.6 is 0 Å². The summed E-state index contributed by atoms with van der Waals surface area (Å²) in [6.07, 6.45) is 0.673. The van der Waals surface area contributed by atoms with Gasteiger partial charge in [-0.1, -0.05) is 18.2 Å². The molecule has 2 amide bonds. The number of methoxy groups -OCH3 is 1. The molecule has 1 heterocycles. The summed E-state index contributed by atoms with van der Waals surface area (Å²) in [5.41, 5.74) is 9.31. The van der Waals surface area contributed by atoms with E-state index < -0.39 is 11.9 Å². The molecular weight excluding hydrogens is 344 g/mol. The molecule has 0 saturated heterocycles. The third kappa shape index (κ3) is 3.76. The minimum Gasteiger partial charge on any atom is -0.375 e. The van der Waals surface area contributed by atoms with Crippen molar-refractivity contribution >= 4 is 23.2 Å². The van der Waals surface area contributed by atoms with Crippen molar-refractivity contribution in [3.63, 3.8) is 0 Å². The molecule has 1 atom stereocenters. The highest BCUT2D eigenvalue weighted by molar-refractivity contribution is 5.97. The summed E-state index contributed by atoms with van der Waals surface area (Å²) in [5, 5.41) is 12.1. The van der Waals surface area contributed by atoms with Crippen molar-refractivity contribution in [1.82, 2.24) is 0 Å². The van der Waals surface area contributed by atoms with Crippen LogP contribution in [0.15, 0.2) is 42.5 Å². The summed E-state index contributed by atoms with van der Waals surface area (Å²) in [4.78, 5) is 25.9. The monoisotopic (exact) mass is 364 g/mol. The molecule has 3 rings (SSSR count). The molecule has 138 valence electrons. The Labute approximate surface area is 157 Å². The van der Waals surface area contributed by atoms with E-state index in [1.54, 1.807) is 29.2 Å². The first-order valence-electron chi connectivity index (χ1n) is 8.52. The Morgan fingerprint density at radius 2 is 2.04 bits per heavy atom. The number of hydrogen-bond donors (Lipinski definition) is 2. The molecule has 2 aromatic carbocycles. The molecule has 0 fully saturated rings. The second kappa shape index (κ2) is 7.89. The van der Waals surface area contributed by atoms with Crippen LogP contribution in [-0.2, 0) is 20.7 Å². The number of anilines is 2. The molecular formula is C20H20N4O3. The first-order chi connectivity index (χ1) is 13.0. The number of carbonyl (C=O) groups is 2. The lowest BCUT2D eigenvalue weighted by Crippen LogP contribution is -2.32. The zero-order valence-electron chi connectivity index (χ0n) is 14.9. The van der Waals surface area contributed by atoms with Crippen molar-refractivity contribution in [3.05, 3.63) is 59.2 Å². The van der Waals surface area contributed by atoms with Crippen molar-refractivity contribution in [2.24, 2.45) is 5.73 Å². The number of hydrogen-bond acceptors (Lipinski definition) is 5. The minimum atomic E-state index is -0.743. The van der Waals surface area contributed by atoms with E-state index in [0.717, 1.165) is 16.9 Å². The van der Waals surface area contributed by atoms with Gasteiger partial charge < -0.3 is 20.7 Å². The van der Waals surface area contributed by atoms with Gasteiger partial charge in [-0.05, 0) is 36.2 Å². The van der Waals surface area contributed by atoms with Gasteiger partial charge >= 0.3 is 0 Å². The normalized spacial score (nSPS) is 13.6. The number of nitrogens with one attached hydrogen (secondary N) is 1. The summed E-state index contributed by atoms with van der Waals surface area (Å²) in [7, 11) is 1.49. The Kier molecular flexibility index (Phi) is 5.38. The maximum atomic E-state index is 12.2. The van der Waals surface area contributed by atoms with E-state index in [1.165, 1.54) is 7.11 Å². The lowest BCUT2D eigenvalue weighted by molar-refractivity contribution is -0.122. The van der Waals surface area contributed by atoms with Gasteiger partial charge in [-0.2, -0.15) is 5.26 Å². The maximum Gasteiger partial charge on any atom is 0.252 e. The predicted octanol–water partition coefficient (Wildman–Crippen LogP) is 1.73. The number of carbonyl (C=O) groups excluding carboxylic acids is 2. The van der Waals surface area contributed by atoms with Crippen molar-refractivity contribution in [2.45, 2.75) is 12.5 Å². The van der Waals surface area contributed by atoms with Crippen LogP contribution in [0.25, 0.3) is 0 Å². The van der Waals surface area contributed by atoms with Crippen molar-refractivity contribution in [2.75, 3.05) is 30.5 Å². The number of primary amides is 1. The number of nitriles is 1. The predicted molar refractivity (Wildman–Crippen MR) is 101 cm³/mol. The third-order valence-corrected chi connectivity index (χ3v) is 4.55. The van der Waals surface area contributed by atoms with Gasteiger partial charge in [0.15, 0.2) is 0 Å². The van der Waals surface area contributed by atoms with Crippen LogP contribution < -0.4 is 16.0 Å². The van der Waals surface area contributed by atoms with Gasteiger partial charge in [-0.25, -0.2) is 0 Å². The lowest BCUT2D eigenvalue weighted by atomic mass is 10.0. The number of rotatable bonds is 6. The topological polar surface area (TPSA) is 108 Å². The molecule has 1 unspecified atom stereocenters. The van der Waals surface area contributed by atoms with Gasteiger partial charge in [0.05, 0.1) is 11.6 Å². The summed E-state index contributed by atoms with van der Waals surface area (Å²) in [5.74, 6) is -0.630. The molecule has 3 N–H and O–H groups in total. The fourth-order valence-corrected chi connectivity index (χ4v) is 3.25. The fraction of sp³-hybridized carbons (Fsp3) is 0.250. The van der Waals surface area contributed by atoms with Crippen molar-refractivity contribution in [3.8, 4) is 6.07 Å². The Bertz CT molecular complexity index is 902. The molecule has 0 spiro atoms. The van der Waals surface area contributed by atoms with Gasteiger partial charge in [0.2, 0.25) is 5.91 Å². The first-order valence-corrected chi connectivity index (χ1v) is 8.52. The highest BCUT2D eigenvalue weighted by Gasteiger charge is 2.28. The average Bonchev–Trinajstić information content (AvgIpc) is 3.11. The molecule has 0 radical (unpaired) electrons. The van der Waals surface area contributed by atoms with Crippen molar-refractivity contribution in [1.29, 1.82) is 5.26 Å². The van der Waals surface area contributed by atoms with Crippen molar-refractivity contribution < 1.29 is 14.3 Å². The second-order valence-electron chi connectivity index (χ2n) is 6.25. The summed E-state index contributed by atoms with van der Waals surface area (Å²) < 4.78 is 4.94. The van der Waals surface area contributed by atoms with E-state index in [-0.39, 0.29) is 12.5 Å². The fourth-order valence-electron chi connectivity index (χ4n) is 3.25. The van der Waals surface area contributed by atoms with Crippen LogP contribution in [0, 0.1) is 11.3 Å². The van der Waals surface area contributed by atoms with Gasteiger partial charge in [-0.15, -0.1) is 0 Å². The Morgan fingerprint density at radius 3 is 2.67 bits per heavy atom. The molecule has 0 bridgehead atoms. The van der Waals surface area contributed by atoms with Crippen LogP contribution in [0.1, 0.15) is 22.7 Å². The van der Waals surface area contributed by atoms with E-state index in [1.807, 2.05) is 24.3 Å². The van der Waals surface area contributed by atoms with E-state index in [9.17, 15) is 9.59 Å². The van der Waals surface area contributed by atoms with E-state index in [0.29, 0.717) is 24.1 Å². The van der Waals surface area contributed by atoms with E-state index in [2.05, 4.69) is 5.32 Å². The van der Waals surface area contributed by atoms with Gasteiger partial charge in [0.1, 0.15) is 12.6 Å². The second-order valence-corrected chi connectivity index (χ2v) is 6.25. The molecule has 0 aromatic heterocycles. The van der Waals surface area contributed by atoms with Crippen LogP contribution in [0.4, 0.5) is 11.4 Å². The average molecular weight is 364 g/mol. The quantitative estimate of drug-likeness (QED) is 0.811. The van der Waals surface area contributed by atoms with Gasteiger partial charge in [0.25, 0.3) is 5.91 Å². The smallest absolute Gasteiger partial charge is 0.252 e. The summed E-state index contributed by atoms with van der Waals surface area (Å²) >= 11 is 0. The summed E-state index contributed by atoms with van der Waals surface area (Å²) in [6, 6.07) is 13.6. The lowest BCUT2D eigenvalue weighted by Gasteiger charge is -2.21. The zero-order valence-corrected chi connectivity index (χ0v) is 14.9. The number of ether oxygens (including phenoxy) is 1. The summed E-state index contributed by atoms with van der Waals surface area (Å²) in [6.45, 7) is 0.584. The first kappa shape index (κ1) is 18.4. The van der Waals surface area contributed by atoms with Crippen LogP contribution in [0.5, 0.6) is 0 Å². The number of fused-ring (bicyclic) bond motifs is 1. The molecule has 7 nitrogen and oxygen atoms in total. The minimum absolute atomic E-state index is 0.0201. The number of amides is 2. The van der Waals surface area contributed by atoms with Gasteiger partial charge in [-0.3, -0.25) is 9.59 Å². The Balaban J connectivity index is 1.89. The third-order valence-electron chi connectivity index (χ3n) is 4.55. The molecule has 27 heavy (non-hydrogen) atoms. The molecule has 0 aliphatic carbocycles. The molecule has 1 aliphatic heterocycles. The SMILES string of the molecule is COCC(=O)N1CCc2c(NC(C(N)=O)c3ccc(C#N)cc3)cccc21. The standard InChI is InChI=1S/C20H20N4O3/c1-27-12-18(25)24-10-9-15-16(3-2-4-17(15)24)23-19(20(22)26)14-7-5-13(11-21)6-8-14/h2-8,19,23H,9-10,12H2,1H3,(H2,22,26). The molecule has 0 saturated carbocycles. The zero-order chi connectivity index (χ0) is 19.4. The van der Waals surface area contributed by atoms with Crippen LogP contribution in [-0.4, -0.2) is 32.1 Å². The molecule has 1 aliphatic rings. The Hall–Kier alpha value is -3.37. The van der Waals surface area contributed by atoms with Gasteiger partial charge in [0, 0.05) is 30.6 Å². The van der Waals surface area contributed by atoms with Crippen LogP contribution in [0.2, 0.25) is 0 Å².